The van der Waals surface area contributed by atoms with Crippen molar-refractivity contribution in [1.82, 2.24) is 9.88 Å². The Hall–Kier alpha value is -2.16. The lowest BCUT2D eigenvalue weighted by Crippen LogP contribution is -2.48. The number of nitriles is 1. The van der Waals surface area contributed by atoms with Crippen molar-refractivity contribution in [3.63, 3.8) is 0 Å². The van der Waals surface area contributed by atoms with Gasteiger partial charge >= 0.3 is 0 Å². The summed E-state index contributed by atoms with van der Waals surface area (Å²) in [6.45, 7) is 3.21. The highest BCUT2D eigenvalue weighted by Crippen LogP contribution is 2.29. The second-order valence-corrected chi connectivity index (χ2v) is 7.10. The van der Waals surface area contributed by atoms with E-state index >= 15 is 0 Å². The van der Waals surface area contributed by atoms with Crippen molar-refractivity contribution < 1.29 is 5.11 Å². The van der Waals surface area contributed by atoms with Crippen molar-refractivity contribution in [1.29, 1.82) is 5.26 Å². The van der Waals surface area contributed by atoms with Gasteiger partial charge in [0.1, 0.15) is 11.9 Å². The highest BCUT2D eigenvalue weighted by Gasteiger charge is 2.33. The first-order valence-corrected chi connectivity index (χ1v) is 9.21. The summed E-state index contributed by atoms with van der Waals surface area (Å²) in [6.07, 6.45) is 4.43. The van der Waals surface area contributed by atoms with Gasteiger partial charge in [-0.3, -0.25) is 4.90 Å². The molecule has 0 spiro atoms. The molecule has 2 aliphatic heterocycles. The molecule has 130 valence electrons. The summed E-state index contributed by atoms with van der Waals surface area (Å²) in [7, 11) is 0. The minimum absolute atomic E-state index is 0.269. The fourth-order valence-corrected chi connectivity index (χ4v) is 4.37. The predicted molar refractivity (Wildman–Crippen MR) is 98.5 cm³/mol. The third-order valence-electron chi connectivity index (χ3n) is 5.69. The van der Waals surface area contributed by atoms with Gasteiger partial charge in [0.2, 0.25) is 0 Å². The van der Waals surface area contributed by atoms with Gasteiger partial charge in [0.15, 0.2) is 0 Å². The first-order chi connectivity index (χ1) is 12.3. The van der Waals surface area contributed by atoms with Crippen molar-refractivity contribution in [2.45, 2.75) is 37.8 Å². The predicted octanol–water partition coefficient (Wildman–Crippen LogP) is 2.53. The zero-order valence-corrected chi connectivity index (χ0v) is 14.4. The summed E-state index contributed by atoms with van der Waals surface area (Å²) in [5.74, 6) is 0.819. The molecule has 0 aliphatic carbocycles. The molecule has 25 heavy (non-hydrogen) atoms. The van der Waals surface area contributed by atoms with Gasteiger partial charge in [-0.2, -0.15) is 5.26 Å². The second-order valence-electron chi connectivity index (χ2n) is 7.10. The van der Waals surface area contributed by atoms with Crippen LogP contribution in [0.15, 0.2) is 30.3 Å². The van der Waals surface area contributed by atoms with Crippen LogP contribution in [0.1, 0.15) is 31.2 Å². The van der Waals surface area contributed by atoms with Gasteiger partial charge in [0.05, 0.1) is 17.7 Å². The summed E-state index contributed by atoms with van der Waals surface area (Å²) in [5.41, 5.74) is 1.60. The van der Waals surface area contributed by atoms with Gasteiger partial charge in [-0.25, -0.2) is 4.98 Å². The van der Waals surface area contributed by atoms with Crippen LogP contribution >= 0.6 is 0 Å². The number of hydrogen-bond donors (Lipinski definition) is 1. The Morgan fingerprint density at radius 1 is 1.16 bits per heavy atom. The monoisotopic (exact) mass is 336 g/mol. The van der Waals surface area contributed by atoms with Crippen molar-refractivity contribution >= 4 is 16.7 Å². The number of benzene rings is 1. The number of aliphatic hydroxyl groups excluding tert-OH is 1. The Bertz CT molecular complexity index is 792. The normalized spacial score (nSPS) is 22.4. The van der Waals surface area contributed by atoms with Crippen LogP contribution in [0, 0.1) is 11.3 Å². The Morgan fingerprint density at radius 3 is 2.72 bits per heavy atom. The van der Waals surface area contributed by atoms with Gasteiger partial charge in [0, 0.05) is 30.6 Å². The average Bonchev–Trinajstić information content (AvgIpc) is 3.16. The second kappa shape index (κ2) is 6.99. The molecule has 5 heteroatoms. The molecule has 0 bridgehead atoms. The molecule has 0 radical (unpaired) electrons. The molecule has 1 unspecified atom stereocenters. The topological polar surface area (TPSA) is 63.4 Å². The molecule has 1 aromatic carbocycles. The minimum atomic E-state index is 0.269. The number of para-hydroxylation sites is 1. The van der Waals surface area contributed by atoms with Crippen LogP contribution in [-0.2, 0) is 0 Å². The van der Waals surface area contributed by atoms with Gasteiger partial charge in [-0.1, -0.05) is 18.2 Å². The van der Waals surface area contributed by atoms with Crippen LogP contribution in [0.3, 0.4) is 0 Å². The number of hydrogen-bond acceptors (Lipinski definition) is 5. The van der Waals surface area contributed by atoms with Crippen LogP contribution in [0.5, 0.6) is 0 Å². The molecule has 1 aromatic heterocycles. The largest absolute Gasteiger partial charge is 0.395 e. The van der Waals surface area contributed by atoms with Gasteiger partial charge < -0.3 is 10.0 Å². The quantitative estimate of drug-likeness (QED) is 0.933. The van der Waals surface area contributed by atoms with E-state index < -0.39 is 0 Å². The summed E-state index contributed by atoms with van der Waals surface area (Å²) >= 11 is 0. The van der Waals surface area contributed by atoms with E-state index in [0.29, 0.717) is 17.6 Å². The molecular formula is C20H24N4O. The summed E-state index contributed by atoms with van der Waals surface area (Å²) in [6, 6.07) is 13.1. The van der Waals surface area contributed by atoms with Crippen molar-refractivity contribution in [3.05, 3.63) is 35.9 Å². The maximum absolute atomic E-state index is 9.57. The smallest absolute Gasteiger partial charge is 0.147 e. The number of nitrogens with zero attached hydrogens (tertiary/aromatic N) is 4. The Morgan fingerprint density at radius 2 is 1.96 bits per heavy atom. The average molecular weight is 336 g/mol. The van der Waals surface area contributed by atoms with Crippen LogP contribution in [0.2, 0.25) is 0 Å². The lowest BCUT2D eigenvalue weighted by Gasteiger charge is -2.39. The van der Waals surface area contributed by atoms with E-state index in [4.69, 9.17) is 4.98 Å². The van der Waals surface area contributed by atoms with Gasteiger partial charge in [-0.05, 0) is 44.4 Å². The number of likely N-dealkylation sites (tertiary alicyclic amines) is 1. The molecule has 2 saturated heterocycles. The first-order valence-electron chi connectivity index (χ1n) is 9.21. The molecule has 1 N–H and O–H groups in total. The molecule has 1 atom stereocenters. The molecule has 0 saturated carbocycles. The zero-order chi connectivity index (χ0) is 17.2. The van der Waals surface area contributed by atoms with E-state index in [0.717, 1.165) is 55.6 Å². The van der Waals surface area contributed by atoms with Crippen LogP contribution in [-0.4, -0.2) is 53.3 Å². The Labute approximate surface area is 148 Å². The number of anilines is 1. The number of fused-ring (bicyclic) bond motifs is 1. The van der Waals surface area contributed by atoms with Gasteiger partial charge in [0.25, 0.3) is 0 Å². The fourth-order valence-electron chi connectivity index (χ4n) is 4.37. The summed E-state index contributed by atoms with van der Waals surface area (Å²) < 4.78 is 0. The van der Waals surface area contributed by atoms with E-state index in [1.54, 1.807) is 0 Å². The molecule has 3 heterocycles. The highest BCUT2D eigenvalue weighted by atomic mass is 16.3. The van der Waals surface area contributed by atoms with Crippen molar-refractivity contribution in [2.24, 2.45) is 0 Å². The van der Waals surface area contributed by atoms with E-state index in [1.807, 2.05) is 30.3 Å². The fraction of sp³-hybridized carbons (Fsp3) is 0.500. The molecule has 0 amide bonds. The standard InChI is InChI=1S/C20H24N4O/c21-13-16-12-15-4-1-2-6-19(15)22-20(16)23-10-7-17(8-11-23)24-9-3-5-18(24)14-25/h1-2,4,6,12,17-18,25H,3,5,7-11,14H2. The van der Waals surface area contributed by atoms with Crippen LogP contribution in [0.25, 0.3) is 10.9 Å². The minimum Gasteiger partial charge on any atom is -0.395 e. The molecule has 5 nitrogen and oxygen atoms in total. The molecule has 4 rings (SSSR count). The third kappa shape index (κ3) is 3.08. The maximum Gasteiger partial charge on any atom is 0.147 e. The number of pyridine rings is 1. The maximum atomic E-state index is 9.57. The van der Waals surface area contributed by atoms with E-state index in [1.165, 1.54) is 6.42 Å². The Balaban J connectivity index is 1.52. The van der Waals surface area contributed by atoms with E-state index in [2.05, 4.69) is 15.9 Å². The number of aromatic nitrogens is 1. The first kappa shape index (κ1) is 16.3. The van der Waals surface area contributed by atoms with E-state index in [-0.39, 0.29) is 6.61 Å². The van der Waals surface area contributed by atoms with Gasteiger partial charge in [-0.15, -0.1) is 0 Å². The summed E-state index contributed by atoms with van der Waals surface area (Å²) in [5, 5.41) is 20.1. The molecule has 2 fully saturated rings. The number of aliphatic hydroxyl groups is 1. The number of piperidine rings is 1. The lowest BCUT2D eigenvalue weighted by molar-refractivity contribution is 0.105. The van der Waals surface area contributed by atoms with E-state index in [9.17, 15) is 10.4 Å². The molecular weight excluding hydrogens is 312 g/mol. The van der Waals surface area contributed by atoms with Crippen molar-refractivity contribution in [3.8, 4) is 6.07 Å². The highest BCUT2D eigenvalue weighted by molar-refractivity contribution is 5.83. The van der Waals surface area contributed by atoms with Crippen LogP contribution in [0.4, 0.5) is 5.82 Å². The summed E-state index contributed by atoms with van der Waals surface area (Å²) in [4.78, 5) is 9.53. The Kier molecular flexibility index (Phi) is 4.56. The third-order valence-corrected chi connectivity index (χ3v) is 5.69. The number of rotatable bonds is 3. The SMILES string of the molecule is N#Cc1cc2ccccc2nc1N1CCC(N2CCCC2CO)CC1. The zero-order valence-electron chi connectivity index (χ0n) is 14.4. The molecule has 2 aliphatic rings. The molecule has 2 aromatic rings. The lowest BCUT2D eigenvalue weighted by atomic mass is 10.0. The van der Waals surface area contributed by atoms with Crippen molar-refractivity contribution in [2.75, 3.05) is 31.1 Å². The van der Waals surface area contributed by atoms with Crippen LogP contribution < -0.4 is 4.90 Å².